The molecule has 0 unspecified atom stereocenters. The van der Waals surface area contributed by atoms with Crippen molar-refractivity contribution in [2.24, 2.45) is 0 Å². The van der Waals surface area contributed by atoms with Gasteiger partial charge in [-0.2, -0.15) is 9.61 Å². The smallest absolute Gasteiger partial charge is 0.280 e. The first kappa shape index (κ1) is 23.3. The number of aromatic nitrogens is 5. The summed E-state index contributed by atoms with van der Waals surface area (Å²) >= 11 is 0. The van der Waals surface area contributed by atoms with Crippen LogP contribution < -0.4 is 10.9 Å². The maximum absolute atomic E-state index is 13.4. The van der Waals surface area contributed by atoms with E-state index < -0.39 is 17.3 Å². The van der Waals surface area contributed by atoms with E-state index in [0.717, 1.165) is 23.1 Å². The number of nitrogens with one attached hydrogen (secondary N) is 1. The van der Waals surface area contributed by atoms with Crippen LogP contribution in [0.15, 0.2) is 41.3 Å². The van der Waals surface area contributed by atoms with E-state index in [2.05, 4.69) is 20.4 Å². The predicted octanol–water partition coefficient (Wildman–Crippen LogP) is 2.71. The molecular formula is C25H24FN7O3. The van der Waals surface area contributed by atoms with Crippen molar-refractivity contribution >= 4 is 23.3 Å². The van der Waals surface area contributed by atoms with Crippen molar-refractivity contribution < 1.29 is 14.0 Å². The molecule has 0 aromatic carbocycles. The van der Waals surface area contributed by atoms with Crippen molar-refractivity contribution in [2.45, 2.75) is 46.8 Å². The van der Waals surface area contributed by atoms with Crippen LogP contribution in [0.25, 0.3) is 16.9 Å². The van der Waals surface area contributed by atoms with Crippen molar-refractivity contribution in [1.82, 2.24) is 29.0 Å². The molecule has 0 atom stereocenters. The molecule has 184 valence electrons. The van der Waals surface area contributed by atoms with Crippen LogP contribution in [-0.4, -0.2) is 46.9 Å². The van der Waals surface area contributed by atoms with Gasteiger partial charge in [-0.1, -0.05) is 0 Å². The number of hydrogen-bond acceptors (Lipinski definition) is 6. The lowest BCUT2D eigenvalue weighted by molar-refractivity contribution is -0.116. The first-order chi connectivity index (χ1) is 17.1. The summed E-state index contributed by atoms with van der Waals surface area (Å²) in [7, 11) is 0. The number of aryl methyl sites for hydroxylation is 2. The minimum absolute atomic E-state index is 0.127. The SMILES string of the molecule is Cc1ccc(-c2cc3n(CC(=O)Nc4ccc(F)cn4)c4c(c(=O)n3n2)CN(C(C)C)C4=O)c(C)n1. The third-order valence-electron chi connectivity index (χ3n) is 6.19. The lowest BCUT2D eigenvalue weighted by Crippen LogP contribution is -2.32. The van der Waals surface area contributed by atoms with Gasteiger partial charge in [0.1, 0.15) is 29.5 Å². The van der Waals surface area contributed by atoms with Gasteiger partial charge in [-0.05, 0) is 52.0 Å². The first-order valence-electron chi connectivity index (χ1n) is 11.5. The minimum atomic E-state index is -0.528. The van der Waals surface area contributed by atoms with Gasteiger partial charge in [0.2, 0.25) is 5.91 Å². The molecule has 11 heteroatoms. The van der Waals surface area contributed by atoms with E-state index >= 15 is 0 Å². The Kier molecular flexibility index (Phi) is 5.62. The molecule has 0 radical (unpaired) electrons. The molecule has 0 aliphatic carbocycles. The number of carbonyl (C=O) groups excluding carboxylic acids is 2. The van der Waals surface area contributed by atoms with Gasteiger partial charge in [-0.3, -0.25) is 19.4 Å². The molecule has 5 rings (SSSR count). The Labute approximate surface area is 205 Å². The van der Waals surface area contributed by atoms with Crippen LogP contribution >= 0.6 is 0 Å². The Balaban J connectivity index is 1.65. The lowest BCUT2D eigenvalue weighted by Gasteiger charge is -2.20. The Morgan fingerprint density at radius 3 is 2.61 bits per heavy atom. The fraction of sp³-hybridized carbons (Fsp3) is 0.280. The monoisotopic (exact) mass is 489 g/mol. The Morgan fingerprint density at radius 2 is 1.94 bits per heavy atom. The van der Waals surface area contributed by atoms with Crippen LogP contribution in [0.2, 0.25) is 0 Å². The lowest BCUT2D eigenvalue weighted by atomic mass is 10.1. The van der Waals surface area contributed by atoms with Crippen LogP contribution in [0, 0.1) is 19.7 Å². The number of nitrogens with zero attached hydrogens (tertiary/aromatic N) is 6. The molecule has 4 aromatic heterocycles. The molecular weight excluding hydrogens is 465 g/mol. The molecule has 36 heavy (non-hydrogen) atoms. The zero-order valence-corrected chi connectivity index (χ0v) is 20.2. The highest BCUT2D eigenvalue weighted by atomic mass is 19.1. The molecule has 0 spiro atoms. The molecule has 0 saturated carbocycles. The standard InChI is InChI=1S/C25H24FN7O3/c1-13(2)31-11-18-23(25(31)36)32(12-21(34)29-20-8-6-16(26)10-27-20)22-9-19(30-33(22)24(18)35)17-7-5-14(3)28-15(17)4/h5-10,13H,11-12H2,1-4H3,(H,27,29,34). The van der Waals surface area contributed by atoms with Gasteiger partial charge in [0.05, 0.1) is 24.0 Å². The maximum atomic E-state index is 13.4. The maximum Gasteiger partial charge on any atom is 0.280 e. The molecule has 10 nitrogen and oxygen atoms in total. The molecule has 0 fully saturated rings. The normalized spacial score (nSPS) is 13.1. The summed E-state index contributed by atoms with van der Waals surface area (Å²) < 4.78 is 15.9. The van der Waals surface area contributed by atoms with Gasteiger partial charge in [-0.25, -0.2) is 9.37 Å². The Morgan fingerprint density at radius 1 is 1.17 bits per heavy atom. The van der Waals surface area contributed by atoms with E-state index in [-0.39, 0.29) is 42.1 Å². The Hall–Kier alpha value is -4.41. The van der Waals surface area contributed by atoms with Crippen molar-refractivity contribution in [3.05, 3.63) is 75.3 Å². The van der Waals surface area contributed by atoms with E-state index in [9.17, 15) is 18.8 Å². The van der Waals surface area contributed by atoms with E-state index in [1.165, 1.54) is 21.2 Å². The predicted molar refractivity (Wildman–Crippen MR) is 130 cm³/mol. The van der Waals surface area contributed by atoms with Crippen molar-refractivity contribution in [3.8, 4) is 11.3 Å². The second-order valence-corrected chi connectivity index (χ2v) is 9.04. The number of halogens is 1. The molecule has 1 aliphatic rings. The Bertz CT molecular complexity index is 1590. The highest BCUT2D eigenvalue weighted by Crippen LogP contribution is 2.27. The molecule has 0 saturated heterocycles. The molecule has 0 bridgehead atoms. The number of amides is 2. The average molecular weight is 490 g/mol. The zero-order chi connectivity index (χ0) is 25.7. The van der Waals surface area contributed by atoms with E-state index in [4.69, 9.17) is 0 Å². The summed E-state index contributed by atoms with van der Waals surface area (Å²) in [5, 5.41) is 7.15. The third kappa shape index (κ3) is 3.92. The molecule has 2 amide bonds. The van der Waals surface area contributed by atoms with E-state index in [0.29, 0.717) is 11.3 Å². The molecule has 1 aliphatic heterocycles. The van der Waals surface area contributed by atoms with Crippen LogP contribution in [0.1, 0.15) is 41.3 Å². The number of anilines is 1. The van der Waals surface area contributed by atoms with Crippen LogP contribution in [0.5, 0.6) is 0 Å². The first-order valence-corrected chi connectivity index (χ1v) is 11.5. The van der Waals surface area contributed by atoms with Crippen LogP contribution in [0.4, 0.5) is 10.2 Å². The van der Waals surface area contributed by atoms with E-state index in [1.807, 2.05) is 39.8 Å². The highest BCUT2D eigenvalue weighted by Gasteiger charge is 2.36. The number of fused-ring (bicyclic) bond motifs is 2. The molecule has 4 aromatic rings. The van der Waals surface area contributed by atoms with E-state index in [1.54, 1.807) is 11.0 Å². The number of pyridine rings is 2. The third-order valence-corrected chi connectivity index (χ3v) is 6.19. The summed E-state index contributed by atoms with van der Waals surface area (Å²) in [6.07, 6.45) is 0.996. The summed E-state index contributed by atoms with van der Waals surface area (Å²) in [4.78, 5) is 49.7. The molecule has 1 N–H and O–H groups in total. The summed E-state index contributed by atoms with van der Waals surface area (Å²) in [6, 6.07) is 7.79. The largest absolute Gasteiger partial charge is 0.330 e. The number of hydrogen-bond donors (Lipinski definition) is 1. The zero-order valence-electron chi connectivity index (χ0n) is 20.2. The average Bonchev–Trinajstić information content (AvgIpc) is 3.41. The minimum Gasteiger partial charge on any atom is -0.330 e. The fourth-order valence-electron chi connectivity index (χ4n) is 4.43. The van der Waals surface area contributed by atoms with Gasteiger partial charge in [0.15, 0.2) is 0 Å². The van der Waals surface area contributed by atoms with Crippen molar-refractivity contribution in [3.63, 3.8) is 0 Å². The second kappa shape index (κ2) is 8.67. The second-order valence-electron chi connectivity index (χ2n) is 9.04. The fourth-order valence-corrected chi connectivity index (χ4v) is 4.43. The van der Waals surface area contributed by atoms with Gasteiger partial charge >= 0.3 is 0 Å². The quantitative estimate of drug-likeness (QED) is 0.461. The number of rotatable bonds is 5. The van der Waals surface area contributed by atoms with Crippen molar-refractivity contribution in [1.29, 1.82) is 0 Å². The van der Waals surface area contributed by atoms with Gasteiger partial charge in [0.25, 0.3) is 11.5 Å². The van der Waals surface area contributed by atoms with Crippen molar-refractivity contribution in [2.75, 3.05) is 5.32 Å². The van der Waals surface area contributed by atoms with Gasteiger partial charge < -0.3 is 14.8 Å². The summed E-state index contributed by atoms with van der Waals surface area (Å²) in [6.45, 7) is 7.31. The summed E-state index contributed by atoms with van der Waals surface area (Å²) in [5.41, 5.74) is 3.17. The van der Waals surface area contributed by atoms with Crippen LogP contribution in [0.3, 0.4) is 0 Å². The van der Waals surface area contributed by atoms with Gasteiger partial charge in [0, 0.05) is 29.1 Å². The summed E-state index contributed by atoms with van der Waals surface area (Å²) in [5.74, 6) is -1.18. The van der Waals surface area contributed by atoms with Gasteiger partial charge in [-0.15, -0.1) is 0 Å². The topological polar surface area (TPSA) is 114 Å². The van der Waals surface area contributed by atoms with Crippen LogP contribution in [-0.2, 0) is 17.9 Å². The molecule has 5 heterocycles. The number of carbonyl (C=O) groups is 2. The highest BCUT2D eigenvalue weighted by molar-refractivity contribution is 5.98.